The number of rotatable bonds is 0. The highest BCUT2D eigenvalue weighted by Gasteiger charge is 2.38. The summed E-state index contributed by atoms with van der Waals surface area (Å²) in [7, 11) is 0. The zero-order valence-electron chi connectivity index (χ0n) is 7.68. The van der Waals surface area contributed by atoms with Crippen LogP contribution < -0.4 is 0 Å². The first-order valence-electron chi connectivity index (χ1n) is 4.12. The van der Waals surface area contributed by atoms with Gasteiger partial charge in [0.15, 0.2) is 0 Å². The molecule has 0 radical (unpaired) electrons. The van der Waals surface area contributed by atoms with Crippen LogP contribution in [0.1, 0.15) is 34.1 Å². The van der Waals surface area contributed by atoms with E-state index in [2.05, 4.69) is 20.8 Å². The molecule has 1 saturated heterocycles. The maximum Gasteiger partial charge on any atom is 0.309 e. The van der Waals surface area contributed by atoms with Crippen molar-refractivity contribution in [3.05, 3.63) is 0 Å². The van der Waals surface area contributed by atoms with Gasteiger partial charge in [-0.15, -0.1) is 0 Å². The number of carbonyl (C=O) groups is 1. The number of ether oxygens (including phenoxy) is 1. The monoisotopic (exact) mass is 156 g/mol. The van der Waals surface area contributed by atoms with Gasteiger partial charge in [-0.05, 0) is 11.8 Å². The van der Waals surface area contributed by atoms with E-state index in [4.69, 9.17) is 4.74 Å². The van der Waals surface area contributed by atoms with Gasteiger partial charge in [-0.1, -0.05) is 27.7 Å². The summed E-state index contributed by atoms with van der Waals surface area (Å²) in [5.41, 5.74) is 0.0976. The summed E-state index contributed by atoms with van der Waals surface area (Å²) >= 11 is 0. The molecule has 0 aromatic rings. The molecule has 0 aliphatic carbocycles. The molecular weight excluding hydrogens is 140 g/mol. The molecule has 0 bridgehead atoms. The van der Waals surface area contributed by atoms with Crippen LogP contribution in [0.4, 0.5) is 0 Å². The largest absolute Gasteiger partial charge is 0.462 e. The lowest BCUT2D eigenvalue weighted by Crippen LogP contribution is -2.25. The highest BCUT2D eigenvalue weighted by molar-refractivity contribution is 5.74. The number of esters is 1. The number of hydrogen-bond acceptors (Lipinski definition) is 2. The molecule has 2 heteroatoms. The molecule has 0 spiro atoms. The minimum absolute atomic E-state index is 0.0371. The number of hydrogen-bond donors (Lipinski definition) is 0. The van der Waals surface area contributed by atoms with E-state index in [9.17, 15) is 4.79 Å². The van der Waals surface area contributed by atoms with Gasteiger partial charge in [0.1, 0.15) is 6.10 Å². The Morgan fingerprint density at radius 3 is 2.18 bits per heavy atom. The molecule has 1 fully saturated rings. The summed E-state index contributed by atoms with van der Waals surface area (Å²) in [6, 6.07) is 0. The predicted molar refractivity (Wildman–Crippen MR) is 43.1 cm³/mol. The minimum Gasteiger partial charge on any atom is -0.462 e. The molecule has 11 heavy (non-hydrogen) atoms. The third-order valence-corrected chi connectivity index (χ3v) is 2.19. The maximum absolute atomic E-state index is 11.0. The standard InChI is InChI=1S/C9H16O2/c1-6-5-7(9(2,3)4)11-8(6)10/h6-7H,5H2,1-4H3. The molecule has 64 valence electrons. The van der Waals surface area contributed by atoms with E-state index in [0.717, 1.165) is 6.42 Å². The second-order valence-corrected chi connectivity index (χ2v) is 4.43. The average Bonchev–Trinajstić information content (AvgIpc) is 2.11. The first kappa shape index (κ1) is 8.57. The fourth-order valence-electron chi connectivity index (χ4n) is 1.25. The Balaban J connectivity index is 2.61. The lowest BCUT2D eigenvalue weighted by Gasteiger charge is -2.24. The minimum atomic E-state index is -0.0371. The molecule has 2 atom stereocenters. The first-order valence-corrected chi connectivity index (χ1v) is 4.12. The molecule has 1 aliphatic heterocycles. The maximum atomic E-state index is 11.0. The fraction of sp³-hybridized carbons (Fsp3) is 0.889. The second-order valence-electron chi connectivity index (χ2n) is 4.43. The highest BCUT2D eigenvalue weighted by Crippen LogP contribution is 2.33. The van der Waals surface area contributed by atoms with Crippen molar-refractivity contribution in [2.24, 2.45) is 11.3 Å². The van der Waals surface area contributed by atoms with E-state index in [1.54, 1.807) is 0 Å². The van der Waals surface area contributed by atoms with Crippen LogP contribution in [0, 0.1) is 11.3 Å². The average molecular weight is 156 g/mol. The van der Waals surface area contributed by atoms with Gasteiger partial charge >= 0.3 is 5.97 Å². The van der Waals surface area contributed by atoms with Crippen molar-refractivity contribution in [1.82, 2.24) is 0 Å². The molecule has 2 unspecified atom stereocenters. The predicted octanol–water partition coefficient (Wildman–Crippen LogP) is 1.98. The van der Waals surface area contributed by atoms with Crippen molar-refractivity contribution in [1.29, 1.82) is 0 Å². The van der Waals surface area contributed by atoms with E-state index in [-0.39, 0.29) is 23.4 Å². The Bertz CT molecular complexity index is 167. The van der Waals surface area contributed by atoms with Crippen LogP contribution in [-0.2, 0) is 9.53 Å². The molecule has 1 rings (SSSR count). The van der Waals surface area contributed by atoms with Crippen LogP contribution in [0.25, 0.3) is 0 Å². The molecule has 1 aliphatic rings. The van der Waals surface area contributed by atoms with Crippen molar-refractivity contribution < 1.29 is 9.53 Å². The van der Waals surface area contributed by atoms with E-state index in [0.29, 0.717) is 0 Å². The summed E-state index contributed by atoms with van der Waals surface area (Å²) in [4.78, 5) is 11.0. The van der Waals surface area contributed by atoms with Gasteiger partial charge in [0.25, 0.3) is 0 Å². The SMILES string of the molecule is CC1CC(C(C)(C)C)OC1=O. The third-order valence-electron chi connectivity index (χ3n) is 2.19. The van der Waals surface area contributed by atoms with Crippen molar-refractivity contribution in [3.8, 4) is 0 Å². The van der Waals surface area contributed by atoms with Crippen LogP contribution in [0.5, 0.6) is 0 Å². The molecule has 1 heterocycles. The van der Waals surface area contributed by atoms with Gasteiger partial charge in [0, 0.05) is 0 Å². The second kappa shape index (κ2) is 2.50. The van der Waals surface area contributed by atoms with E-state index >= 15 is 0 Å². The van der Waals surface area contributed by atoms with Crippen LogP contribution >= 0.6 is 0 Å². The van der Waals surface area contributed by atoms with Crippen LogP contribution in [0.2, 0.25) is 0 Å². The van der Waals surface area contributed by atoms with Gasteiger partial charge < -0.3 is 4.74 Å². The van der Waals surface area contributed by atoms with Gasteiger partial charge in [0.05, 0.1) is 5.92 Å². The summed E-state index contributed by atoms with van der Waals surface area (Å²) in [5, 5.41) is 0. The molecule has 2 nitrogen and oxygen atoms in total. The molecule has 0 aromatic heterocycles. The molecular formula is C9H16O2. The van der Waals surface area contributed by atoms with Crippen LogP contribution in [0.15, 0.2) is 0 Å². The summed E-state index contributed by atoms with van der Waals surface area (Å²) in [6.07, 6.45) is 0.993. The highest BCUT2D eigenvalue weighted by atomic mass is 16.6. The lowest BCUT2D eigenvalue weighted by molar-refractivity contribution is -0.147. The van der Waals surface area contributed by atoms with Gasteiger partial charge in [0.2, 0.25) is 0 Å². The normalized spacial score (nSPS) is 32.2. The first-order chi connectivity index (χ1) is 4.91. The molecule has 0 N–H and O–H groups in total. The Kier molecular flexibility index (Phi) is 1.95. The topological polar surface area (TPSA) is 26.3 Å². The van der Waals surface area contributed by atoms with E-state index in [1.165, 1.54) is 0 Å². The quantitative estimate of drug-likeness (QED) is 0.501. The zero-order chi connectivity index (χ0) is 8.65. The fourth-order valence-corrected chi connectivity index (χ4v) is 1.25. The Labute approximate surface area is 67.9 Å². The van der Waals surface area contributed by atoms with Gasteiger partial charge in [-0.3, -0.25) is 4.79 Å². The van der Waals surface area contributed by atoms with E-state index in [1.807, 2.05) is 6.92 Å². The zero-order valence-corrected chi connectivity index (χ0v) is 7.68. The van der Waals surface area contributed by atoms with Crippen molar-refractivity contribution in [2.45, 2.75) is 40.2 Å². The van der Waals surface area contributed by atoms with Crippen molar-refractivity contribution >= 4 is 5.97 Å². The van der Waals surface area contributed by atoms with Gasteiger partial charge in [-0.2, -0.15) is 0 Å². The van der Waals surface area contributed by atoms with Crippen LogP contribution in [0.3, 0.4) is 0 Å². The van der Waals surface area contributed by atoms with Gasteiger partial charge in [-0.25, -0.2) is 0 Å². The molecule has 0 amide bonds. The number of cyclic esters (lactones) is 1. The summed E-state index contributed by atoms with van der Waals surface area (Å²) in [6.45, 7) is 8.23. The Morgan fingerprint density at radius 2 is 2.00 bits per heavy atom. The smallest absolute Gasteiger partial charge is 0.309 e. The number of carbonyl (C=O) groups excluding carboxylic acids is 1. The lowest BCUT2D eigenvalue weighted by atomic mass is 9.86. The third kappa shape index (κ3) is 1.73. The van der Waals surface area contributed by atoms with Crippen molar-refractivity contribution in [3.63, 3.8) is 0 Å². The molecule has 0 aromatic carbocycles. The van der Waals surface area contributed by atoms with E-state index < -0.39 is 0 Å². The molecule has 0 saturated carbocycles. The summed E-state index contributed by atoms with van der Waals surface area (Å²) < 4.78 is 5.20. The summed E-state index contributed by atoms with van der Waals surface area (Å²) in [5.74, 6) is 0.0594. The Hall–Kier alpha value is -0.530. The Morgan fingerprint density at radius 1 is 1.45 bits per heavy atom. The van der Waals surface area contributed by atoms with Crippen LogP contribution in [-0.4, -0.2) is 12.1 Å². The van der Waals surface area contributed by atoms with Crippen molar-refractivity contribution in [2.75, 3.05) is 0 Å².